The van der Waals surface area contributed by atoms with Crippen LogP contribution in [0.1, 0.15) is 11.1 Å². The second-order valence-corrected chi connectivity index (χ2v) is 7.37. The fourth-order valence-corrected chi connectivity index (χ4v) is 2.37. The summed E-state index contributed by atoms with van der Waals surface area (Å²) in [6.07, 6.45) is 1.26. The van der Waals surface area contributed by atoms with E-state index in [0.717, 1.165) is 19.6 Å². The summed E-state index contributed by atoms with van der Waals surface area (Å²) < 4.78 is 21.9. The number of hydrogen-bond acceptors (Lipinski definition) is 4. The van der Waals surface area contributed by atoms with Crippen LogP contribution in [0.3, 0.4) is 0 Å². The third-order valence-corrected chi connectivity index (χ3v) is 3.80. The first-order chi connectivity index (χ1) is 8.87. The molecule has 0 atom stereocenters. The Kier molecular flexibility index (Phi) is 6.48. The van der Waals surface area contributed by atoms with Crippen molar-refractivity contribution in [1.82, 2.24) is 10.2 Å². The molecule has 1 aromatic carbocycles. The molecule has 0 radical (unpaired) electrons. The topological polar surface area (TPSA) is 49.4 Å². The molecular weight excluding hydrogens is 260 g/mol. The maximum Gasteiger partial charge on any atom is 0.148 e. The Hall–Kier alpha value is -0.910. The van der Waals surface area contributed by atoms with Crippen molar-refractivity contribution in [2.45, 2.75) is 13.5 Å². The molecule has 0 saturated carbocycles. The fraction of sp³-hybridized carbons (Fsp3) is 0.571. The highest BCUT2D eigenvalue weighted by Gasteiger charge is 2.02. The van der Waals surface area contributed by atoms with Gasteiger partial charge >= 0.3 is 0 Å². The summed E-state index contributed by atoms with van der Waals surface area (Å²) in [4.78, 5) is 2.22. The zero-order valence-electron chi connectivity index (χ0n) is 12.0. The van der Waals surface area contributed by atoms with Gasteiger partial charge in [0.1, 0.15) is 9.84 Å². The molecule has 0 aliphatic rings. The van der Waals surface area contributed by atoms with E-state index in [4.69, 9.17) is 0 Å². The summed E-state index contributed by atoms with van der Waals surface area (Å²) in [5.41, 5.74) is 2.58. The minimum Gasteiger partial charge on any atom is -0.314 e. The predicted octanol–water partition coefficient (Wildman–Crippen LogP) is 1.06. The van der Waals surface area contributed by atoms with Crippen LogP contribution in [-0.4, -0.2) is 52.0 Å². The molecule has 4 nitrogen and oxygen atoms in total. The Morgan fingerprint density at radius 1 is 1.26 bits per heavy atom. The van der Waals surface area contributed by atoms with Gasteiger partial charge in [0, 0.05) is 32.4 Å². The summed E-state index contributed by atoms with van der Waals surface area (Å²) in [6.45, 7) is 5.23. The number of likely N-dealkylation sites (N-methyl/N-ethyl adjacent to an activating group) is 1. The lowest BCUT2D eigenvalue weighted by atomic mass is 10.1. The molecule has 0 bridgehead atoms. The highest BCUT2D eigenvalue weighted by atomic mass is 32.2. The summed E-state index contributed by atoms with van der Waals surface area (Å²) in [5.74, 6) is 0.203. The number of hydrogen-bond donors (Lipinski definition) is 1. The molecule has 0 amide bonds. The maximum absolute atomic E-state index is 11.0. The summed E-state index contributed by atoms with van der Waals surface area (Å²) in [6, 6.07) is 8.48. The first kappa shape index (κ1) is 16.1. The lowest BCUT2D eigenvalue weighted by molar-refractivity contribution is 0.325. The molecule has 1 N–H and O–H groups in total. The monoisotopic (exact) mass is 284 g/mol. The van der Waals surface area contributed by atoms with Crippen molar-refractivity contribution in [3.05, 3.63) is 35.4 Å². The first-order valence-corrected chi connectivity index (χ1v) is 8.55. The van der Waals surface area contributed by atoms with Gasteiger partial charge in [-0.2, -0.15) is 0 Å². The van der Waals surface area contributed by atoms with Crippen molar-refractivity contribution in [3.8, 4) is 0 Å². The lowest BCUT2D eigenvalue weighted by Crippen LogP contribution is -2.31. The summed E-state index contributed by atoms with van der Waals surface area (Å²) in [7, 11) is -0.784. The molecule has 1 aromatic rings. The smallest absolute Gasteiger partial charge is 0.148 e. The van der Waals surface area contributed by atoms with Gasteiger partial charge in [-0.15, -0.1) is 0 Å². The van der Waals surface area contributed by atoms with E-state index in [9.17, 15) is 8.42 Å². The number of rotatable bonds is 8. The molecule has 108 valence electrons. The molecule has 0 unspecified atom stereocenters. The van der Waals surface area contributed by atoms with Gasteiger partial charge in [0.05, 0.1) is 5.75 Å². The van der Waals surface area contributed by atoms with Gasteiger partial charge in [0.15, 0.2) is 0 Å². The average molecular weight is 284 g/mol. The van der Waals surface area contributed by atoms with Gasteiger partial charge in [-0.3, -0.25) is 0 Å². The molecule has 0 saturated heterocycles. The Bertz CT molecular complexity index is 486. The highest BCUT2D eigenvalue weighted by molar-refractivity contribution is 7.90. The third kappa shape index (κ3) is 7.97. The van der Waals surface area contributed by atoms with E-state index in [1.165, 1.54) is 17.4 Å². The van der Waals surface area contributed by atoms with Crippen LogP contribution >= 0.6 is 0 Å². The minimum atomic E-state index is -2.85. The molecule has 0 fully saturated rings. The average Bonchev–Trinajstić information content (AvgIpc) is 2.26. The van der Waals surface area contributed by atoms with E-state index in [-0.39, 0.29) is 5.75 Å². The van der Waals surface area contributed by atoms with Crippen LogP contribution < -0.4 is 5.32 Å². The van der Waals surface area contributed by atoms with Crippen LogP contribution in [-0.2, 0) is 16.4 Å². The Morgan fingerprint density at radius 2 is 2.00 bits per heavy atom. The molecule has 0 aromatic heterocycles. The Balaban J connectivity index is 2.20. The van der Waals surface area contributed by atoms with Gasteiger partial charge in [-0.05, 0) is 19.5 Å². The van der Waals surface area contributed by atoms with Gasteiger partial charge in [0.2, 0.25) is 0 Å². The van der Waals surface area contributed by atoms with E-state index in [1.54, 1.807) is 0 Å². The van der Waals surface area contributed by atoms with Crippen molar-refractivity contribution in [2.75, 3.05) is 38.7 Å². The summed E-state index contributed by atoms with van der Waals surface area (Å²) in [5, 5.41) is 3.15. The lowest BCUT2D eigenvalue weighted by Gasteiger charge is -2.17. The summed E-state index contributed by atoms with van der Waals surface area (Å²) >= 11 is 0. The number of sulfone groups is 1. The molecule has 5 heteroatoms. The van der Waals surface area contributed by atoms with E-state index in [1.807, 2.05) is 0 Å². The predicted molar refractivity (Wildman–Crippen MR) is 80.1 cm³/mol. The van der Waals surface area contributed by atoms with Crippen molar-refractivity contribution in [1.29, 1.82) is 0 Å². The van der Waals surface area contributed by atoms with Crippen LogP contribution in [0.5, 0.6) is 0 Å². The largest absolute Gasteiger partial charge is 0.314 e. The van der Waals surface area contributed by atoms with Gasteiger partial charge in [-0.25, -0.2) is 8.42 Å². The van der Waals surface area contributed by atoms with Crippen LogP contribution in [0.25, 0.3) is 0 Å². The molecule has 1 rings (SSSR count). The van der Waals surface area contributed by atoms with Gasteiger partial charge in [-0.1, -0.05) is 29.8 Å². The molecular formula is C14H24N2O2S. The molecule has 0 aliphatic carbocycles. The van der Waals surface area contributed by atoms with Crippen molar-refractivity contribution in [3.63, 3.8) is 0 Å². The van der Waals surface area contributed by atoms with Crippen LogP contribution in [0.15, 0.2) is 24.3 Å². The van der Waals surface area contributed by atoms with E-state index >= 15 is 0 Å². The maximum atomic E-state index is 11.0. The van der Waals surface area contributed by atoms with Crippen molar-refractivity contribution in [2.24, 2.45) is 0 Å². The molecule has 0 aliphatic heterocycles. The van der Waals surface area contributed by atoms with Gasteiger partial charge in [0.25, 0.3) is 0 Å². The number of aryl methyl sites for hydroxylation is 1. The standard InChI is InChI=1S/C14H24N2O2S/c1-13-5-4-6-14(11-13)12-16(2)9-7-15-8-10-19(3,17)18/h4-6,11,15H,7-10,12H2,1-3H3. The SMILES string of the molecule is Cc1cccc(CN(C)CCNCCS(C)(=O)=O)c1. The molecule has 19 heavy (non-hydrogen) atoms. The number of benzene rings is 1. The number of nitrogens with zero attached hydrogens (tertiary/aromatic N) is 1. The first-order valence-electron chi connectivity index (χ1n) is 6.49. The normalized spacial score (nSPS) is 12.0. The minimum absolute atomic E-state index is 0.203. The Morgan fingerprint density at radius 3 is 2.63 bits per heavy atom. The van der Waals surface area contributed by atoms with E-state index in [2.05, 4.69) is 48.5 Å². The van der Waals surface area contributed by atoms with Crippen molar-refractivity contribution >= 4 is 9.84 Å². The number of nitrogens with one attached hydrogen (secondary N) is 1. The Labute approximate surface area is 116 Å². The fourth-order valence-electron chi connectivity index (χ4n) is 1.85. The zero-order valence-corrected chi connectivity index (χ0v) is 12.8. The quantitative estimate of drug-likeness (QED) is 0.725. The second-order valence-electron chi connectivity index (χ2n) is 5.11. The van der Waals surface area contributed by atoms with E-state index < -0.39 is 9.84 Å². The molecule has 0 heterocycles. The zero-order chi connectivity index (χ0) is 14.3. The van der Waals surface area contributed by atoms with Crippen LogP contribution in [0.2, 0.25) is 0 Å². The van der Waals surface area contributed by atoms with Crippen molar-refractivity contribution < 1.29 is 8.42 Å². The van der Waals surface area contributed by atoms with E-state index in [0.29, 0.717) is 6.54 Å². The third-order valence-electron chi connectivity index (χ3n) is 2.85. The second kappa shape index (κ2) is 7.62. The van der Waals surface area contributed by atoms with Crippen LogP contribution in [0, 0.1) is 6.92 Å². The van der Waals surface area contributed by atoms with Gasteiger partial charge < -0.3 is 10.2 Å². The molecule has 0 spiro atoms. The highest BCUT2D eigenvalue weighted by Crippen LogP contribution is 2.05. The van der Waals surface area contributed by atoms with Crippen LogP contribution in [0.4, 0.5) is 0 Å².